The van der Waals surface area contributed by atoms with Crippen LogP contribution in [0.4, 0.5) is 5.95 Å². The molecule has 1 fully saturated rings. The molecule has 3 rings (SSSR count). The summed E-state index contributed by atoms with van der Waals surface area (Å²) in [5, 5.41) is 12.5. The topological polar surface area (TPSA) is 109 Å². The minimum Gasteiger partial charge on any atom is -0.394 e. The van der Waals surface area contributed by atoms with E-state index in [-0.39, 0.29) is 18.6 Å². The molecule has 1 atom stereocenters. The standard InChI is InChI=1S/C16H20N4O4/c21-10-13(11-4-2-1-3-5-11)17-14-18-15(22)20(16(23)19-14)12-6-8-24-9-7-12/h1-5,12-13,21H,6-10H2,(H2,17,18,19,22,23). The van der Waals surface area contributed by atoms with Gasteiger partial charge in [-0.15, -0.1) is 0 Å². The number of H-pyrrole nitrogens is 1. The highest BCUT2D eigenvalue weighted by atomic mass is 16.5. The minimum atomic E-state index is -0.599. The molecule has 1 saturated heterocycles. The van der Waals surface area contributed by atoms with Gasteiger partial charge in [-0.25, -0.2) is 14.2 Å². The van der Waals surface area contributed by atoms with E-state index < -0.39 is 17.4 Å². The molecule has 1 aliphatic rings. The molecule has 8 heteroatoms. The maximum Gasteiger partial charge on any atom is 0.355 e. The van der Waals surface area contributed by atoms with Crippen molar-refractivity contribution in [3.8, 4) is 0 Å². The highest BCUT2D eigenvalue weighted by molar-refractivity contribution is 5.31. The first-order valence-corrected chi connectivity index (χ1v) is 7.92. The lowest BCUT2D eigenvalue weighted by atomic mass is 10.1. The summed E-state index contributed by atoms with van der Waals surface area (Å²) in [6.07, 6.45) is 1.22. The van der Waals surface area contributed by atoms with E-state index in [2.05, 4.69) is 15.3 Å². The fourth-order valence-corrected chi connectivity index (χ4v) is 2.84. The molecule has 24 heavy (non-hydrogen) atoms. The molecule has 2 heterocycles. The van der Waals surface area contributed by atoms with Crippen LogP contribution in [0.25, 0.3) is 0 Å². The molecule has 0 saturated carbocycles. The highest BCUT2D eigenvalue weighted by Gasteiger charge is 2.21. The molecule has 0 bridgehead atoms. The van der Waals surface area contributed by atoms with E-state index >= 15 is 0 Å². The number of nitrogens with one attached hydrogen (secondary N) is 2. The van der Waals surface area contributed by atoms with Crippen LogP contribution in [0.2, 0.25) is 0 Å². The zero-order chi connectivity index (χ0) is 16.9. The number of aliphatic hydroxyl groups is 1. The average molecular weight is 332 g/mol. The van der Waals surface area contributed by atoms with Crippen LogP contribution < -0.4 is 16.7 Å². The molecule has 1 unspecified atom stereocenters. The van der Waals surface area contributed by atoms with Crippen molar-refractivity contribution >= 4 is 5.95 Å². The molecular formula is C16H20N4O4. The SMILES string of the molecule is O=c1nc(NC(CO)c2ccccc2)[nH]c(=O)n1C1CCOCC1. The monoisotopic (exact) mass is 332 g/mol. The number of aromatic nitrogens is 3. The summed E-state index contributed by atoms with van der Waals surface area (Å²) in [4.78, 5) is 31.0. The smallest absolute Gasteiger partial charge is 0.355 e. The molecule has 0 radical (unpaired) electrons. The van der Waals surface area contributed by atoms with Crippen LogP contribution in [0.15, 0.2) is 39.9 Å². The number of benzene rings is 1. The number of hydrogen-bond donors (Lipinski definition) is 3. The maximum atomic E-state index is 12.3. The molecule has 1 aromatic heterocycles. The largest absolute Gasteiger partial charge is 0.394 e. The third kappa shape index (κ3) is 3.55. The second kappa shape index (κ2) is 7.41. The van der Waals surface area contributed by atoms with E-state index in [1.54, 1.807) is 0 Å². The molecule has 1 aliphatic heterocycles. The van der Waals surface area contributed by atoms with Crippen molar-refractivity contribution < 1.29 is 9.84 Å². The normalized spacial score (nSPS) is 16.7. The van der Waals surface area contributed by atoms with Gasteiger partial charge >= 0.3 is 11.4 Å². The summed E-state index contributed by atoms with van der Waals surface area (Å²) in [5.41, 5.74) is -0.275. The minimum absolute atomic E-state index is 0.0520. The highest BCUT2D eigenvalue weighted by Crippen LogP contribution is 2.18. The lowest BCUT2D eigenvalue weighted by Gasteiger charge is -2.23. The summed E-state index contributed by atoms with van der Waals surface area (Å²) in [6.45, 7) is 0.852. The zero-order valence-electron chi connectivity index (χ0n) is 13.1. The second-order valence-electron chi connectivity index (χ2n) is 5.68. The Labute approximate surface area is 138 Å². The first-order valence-electron chi connectivity index (χ1n) is 7.92. The van der Waals surface area contributed by atoms with Crippen molar-refractivity contribution in [2.24, 2.45) is 0 Å². The fourth-order valence-electron chi connectivity index (χ4n) is 2.84. The average Bonchev–Trinajstić information content (AvgIpc) is 2.61. The van der Waals surface area contributed by atoms with E-state index in [0.29, 0.717) is 26.1 Å². The van der Waals surface area contributed by atoms with Gasteiger partial charge in [-0.3, -0.25) is 4.98 Å². The Bertz CT molecular complexity index is 749. The lowest BCUT2D eigenvalue weighted by molar-refractivity contribution is 0.0670. The van der Waals surface area contributed by atoms with Crippen LogP contribution in [-0.2, 0) is 4.74 Å². The molecule has 0 amide bonds. The van der Waals surface area contributed by atoms with Gasteiger partial charge in [0.1, 0.15) is 0 Å². The van der Waals surface area contributed by atoms with Crippen LogP contribution >= 0.6 is 0 Å². The van der Waals surface area contributed by atoms with E-state index in [1.807, 2.05) is 30.3 Å². The Balaban J connectivity index is 1.84. The van der Waals surface area contributed by atoms with Gasteiger partial charge in [0, 0.05) is 19.3 Å². The zero-order valence-corrected chi connectivity index (χ0v) is 13.1. The van der Waals surface area contributed by atoms with Gasteiger partial charge in [-0.1, -0.05) is 30.3 Å². The van der Waals surface area contributed by atoms with Crippen LogP contribution in [0.1, 0.15) is 30.5 Å². The van der Waals surface area contributed by atoms with Crippen molar-refractivity contribution in [2.45, 2.75) is 24.9 Å². The van der Waals surface area contributed by atoms with Gasteiger partial charge in [-0.05, 0) is 18.4 Å². The number of ether oxygens (including phenoxy) is 1. The Hall–Kier alpha value is -2.45. The third-order valence-electron chi connectivity index (χ3n) is 4.11. The van der Waals surface area contributed by atoms with Crippen LogP contribution in [-0.4, -0.2) is 39.5 Å². The number of aromatic amines is 1. The molecule has 8 nitrogen and oxygen atoms in total. The van der Waals surface area contributed by atoms with Crippen molar-refractivity contribution in [1.29, 1.82) is 0 Å². The summed E-state index contributed by atoms with van der Waals surface area (Å²) in [7, 11) is 0. The number of rotatable bonds is 5. The van der Waals surface area contributed by atoms with E-state index in [4.69, 9.17) is 4.74 Å². The molecule has 1 aromatic carbocycles. The number of aliphatic hydroxyl groups excluding tert-OH is 1. The van der Waals surface area contributed by atoms with E-state index in [0.717, 1.165) is 10.1 Å². The van der Waals surface area contributed by atoms with Crippen LogP contribution in [0.5, 0.6) is 0 Å². The van der Waals surface area contributed by atoms with E-state index in [9.17, 15) is 14.7 Å². The predicted octanol–water partition coefficient (Wildman–Crippen LogP) is 0.429. The first-order chi connectivity index (χ1) is 11.7. The molecule has 3 N–H and O–H groups in total. The predicted molar refractivity (Wildman–Crippen MR) is 88.1 cm³/mol. The Morgan fingerprint density at radius 2 is 2.00 bits per heavy atom. The molecule has 0 aliphatic carbocycles. The van der Waals surface area contributed by atoms with Crippen LogP contribution in [0.3, 0.4) is 0 Å². The third-order valence-corrected chi connectivity index (χ3v) is 4.11. The number of hydrogen-bond acceptors (Lipinski definition) is 6. The quantitative estimate of drug-likeness (QED) is 0.732. The van der Waals surface area contributed by atoms with Gasteiger partial charge in [0.05, 0.1) is 12.6 Å². The van der Waals surface area contributed by atoms with Crippen molar-refractivity contribution in [3.63, 3.8) is 0 Å². The Morgan fingerprint density at radius 3 is 2.62 bits per heavy atom. The molecule has 128 valence electrons. The van der Waals surface area contributed by atoms with E-state index in [1.165, 1.54) is 0 Å². The van der Waals surface area contributed by atoms with Crippen molar-refractivity contribution in [2.75, 3.05) is 25.1 Å². The fraction of sp³-hybridized carbons (Fsp3) is 0.438. The van der Waals surface area contributed by atoms with Gasteiger partial charge in [-0.2, -0.15) is 4.98 Å². The first kappa shape index (κ1) is 16.4. The van der Waals surface area contributed by atoms with Gasteiger partial charge in [0.25, 0.3) is 0 Å². The van der Waals surface area contributed by atoms with Crippen molar-refractivity contribution in [3.05, 3.63) is 56.9 Å². The molecule has 2 aromatic rings. The van der Waals surface area contributed by atoms with Gasteiger partial charge < -0.3 is 15.2 Å². The van der Waals surface area contributed by atoms with Crippen LogP contribution in [0, 0.1) is 0 Å². The summed E-state index contributed by atoms with van der Waals surface area (Å²) in [5.74, 6) is 0.0520. The Kier molecular flexibility index (Phi) is 5.07. The second-order valence-corrected chi connectivity index (χ2v) is 5.68. The lowest BCUT2D eigenvalue weighted by Crippen LogP contribution is -2.42. The Morgan fingerprint density at radius 1 is 1.29 bits per heavy atom. The maximum absolute atomic E-state index is 12.3. The van der Waals surface area contributed by atoms with Gasteiger partial charge in [0.2, 0.25) is 5.95 Å². The number of anilines is 1. The molecular weight excluding hydrogens is 312 g/mol. The number of nitrogens with zero attached hydrogens (tertiary/aromatic N) is 2. The summed E-state index contributed by atoms with van der Waals surface area (Å²) in [6, 6.07) is 8.59. The summed E-state index contributed by atoms with van der Waals surface area (Å²) >= 11 is 0. The molecule has 0 spiro atoms. The summed E-state index contributed by atoms with van der Waals surface area (Å²) < 4.78 is 6.40. The van der Waals surface area contributed by atoms with Gasteiger partial charge in [0.15, 0.2) is 0 Å². The van der Waals surface area contributed by atoms with Crippen molar-refractivity contribution in [1.82, 2.24) is 14.5 Å².